The molecule has 0 amide bonds. The van der Waals surface area contributed by atoms with Gasteiger partial charge in [0.15, 0.2) is 0 Å². The number of unbranched alkanes of at least 4 members (excludes halogenated alkanes) is 1. The Balaban J connectivity index is 2.96. The molecule has 0 saturated carbocycles. The molecule has 1 rings (SSSR count). The molecule has 1 aliphatic rings. The van der Waals surface area contributed by atoms with E-state index in [9.17, 15) is 0 Å². The summed E-state index contributed by atoms with van der Waals surface area (Å²) in [6.07, 6.45) is 12.3. The molecule has 15 heavy (non-hydrogen) atoms. The first-order valence-corrected chi connectivity index (χ1v) is 5.94. The van der Waals surface area contributed by atoms with Crippen LogP contribution < -0.4 is 5.73 Å². The maximum absolute atomic E-state index is 5.98. The lowest BCUT2D eigenvalue weighted by atomic mass is 10.2. The van der Waals surface area contributed by atoms with Crippen LogP contribution in [-0.4, -0.2) is 4.90 Å². The second kappa shape index (κ2) is 5.81. The zero-order valence-electron chi connectivity index (χ0n) is 9.20. The summed E-state index contributed by atoms with van der Waals surface area (Å²) in [5.41, 5.74) is 7.85. The van der Waals surface area contributed by atoms with Crippen molar-refractivity contribution >= 4 is 15.9 Å². The lowest BCUT2D eigenvalue weighted by Crippen LogP contribution is -2.19. The van der Waals surface area contributed by atoms with Gasteiger partial charge in [0, 0.05) is 16.9 Å². The van der Waals surface area contributed by atoms with E-state index >= 15 is 0 Å². The van der Waals surface area contributed by atoms with Crippen LogP contribution in [0.3, 0.4) is 0 Å². The minimum absolute atomic E-state index is 0.802. The average Bonchev–Trinajstić information content (AvgIpc) is 2.17. The van der Waals surface area contributed by atoms with Gasteiger partial charge in [0.25, 0.3) is 0 Å². The van der Waals surface area contributed by atoms with Crippen LogP contribution >= 0.6 is 15.9 Å². The highest BCUT2D eigenvalue weighted by atomic mass is 79.9. The van der Waals surface area contributed by atoms with Crippen molar-refractivity contribution < 1.29 is 0 Å². The fourth-order valence-corrected chi connectivity index (χ4v) is 1.87. The molecule has 0 spiro atoms. The Kier molecular flexibility index (Phi) is 4.69. The van der Waals surface area contributed by atoms with Crippen LogP contribution in [0.25, 0.3) is 0 Å². The molecule has 0 aliphatic carbocycles. The largest absolute Gasteiger partial charge is 0.397 e. The van der Waals surface area contributed by atoms with Crippen molar-refractivity contribution in [3.05, 3.63) is 46.5 Å². The van der Waals surface area contributed by atoms with E-state index in [1.165, 1.54) is 0 Å². The van der Waals surface area contributed by atoms with Crippen molar-refractivity contribution in [1.29, 1.82) is 0 Å². The van der Waals surface area contributed by atoms with Crippen molar-refractivity contribution in [2.75, 3.05) is 0 Å². The summed E-state index contributed by atoms with van der Waals surface area (Å²) in [5, 5.41) is 0. The van der Waals surface area contributed by atoms with E-state index in [-0.39, 0.29) is 0 Å². The Morgan fingerprint density at radius 1 is 1.53 bits per heavy atom. The molecule has 2 N–H and O–H groups in total. The van der Waals surface area contributed by atoms with Gasteiger partial charge < -0.3 is 10.6 Å². The van der Waals surface area contributed by atoms with Crippen molar-refractivity contribution in [2.24, 2.45) is 5.73 Å². The highest BCUT2D eigenvalue weighted by Crippen LogP contribution is 2.24. The van der Waals surface area contributed by atoms with Crippen molar-refractivity contribution in [2.45, 2.75) is 26.7 Å². The van der Waals surface area contributed by atoms with Gasteiger partial charge in [-0.25, -0.2) is 0 Å². The van der Waals surface area contributed by atoms with Gasteiger partial charge in [-0.1, -0.05) is 25.5 Å². The van der Waals surface area contributed by atoms with Gasteiger partial charge in [-0.05, 0) is 35.4 Å². The smallest absolute Gasteiger partial charge is 0.0640 e. The minimum atomic E-state index is 0.802. The highest BCUT2D eigenvalue weighted by Gasteiger charge is 2.12. The molecule has 0 aromatic rings. The van der Waals surface area contributed by atoms with E-state index in [0.717, 1.165) is 28.7 Å². The predicted octanol–water partition coefficient (Wildman–Crippen LogP) is 3.60. The number of hydrogen-bond acceptors (Lipinski definition) is 2. The Morgan fingerprint density at radius 3 is 2.87 bits per heavy atom. The van der Waals surface area contributed by atoms with Crippen molar-refractivity contribution in [3.8, 4) is 0 Å². The lowest BCUT2D eigenvalue weighted by Gasteiger charge is -2.24. The fraction of sp³-hybridized carbons (Fsp3) is 0.333. The first-order valence-electron chi connectivity index (χ1n) is 5.15. The molecule has 0 fully saturated rings. The average molecular weight is 269 g/mol. The summed E-state index contributed by atoms with van der Waals surface area (Å²) < 4.78 is 0.992. The van der Waals surface area contributed by atoms with E-state index in [1.807, 2.05) is 36.4 Å². The summed E-state index contributed by atoms with van der Waals surface area (Å²) >= 11 is 3.44. The van der Waals surface area contributed by atoms with Crippen LogP contribution in [0, 0.1) is 0 Å². The third kappa shape index (κ3) is 3.27. The second-order valence-electron chi connectivity index (χ2n) is 3.38. The zero-order chi connectivity index (χ0) is 11.3. The molecule has 0 aromatic heterocycles. The molecule has 3 heteroatoms. The summed E-state index contributed by atoms with van der Waals surface area (Å²) in [7, 11) is 0. The van der Waals surface area contributed by atoms with E-state index in [0.29, 0.717) is 0 Å². The Labute approximate surface area is 100.0 Å². The van der Waals surface area contributed by atoms with Crippen molar-refractivity contribution in [3.63, 3.8) is 0 Å². The second-order valence-corrected chi connectivity index (χ2v) is 4.30. The first kappa shape index (κ1) is 12.1. The Bertz CT molecular complexity index is 338. The maximum Gasteiger partial charge on any atom is 0.0640 e. The van der Waals surface area contributed by atoms with E-state index in [4.69, 9.17) is 5.73 Å². The third-order valence-electron chi connectivity index (χ3n) is 2.07. The number of hydrogen-bond donors (Lipinski definition) is 1. The molecule has 0 atom stereocenters. The quantitative estimate of drug-likeness (QED) is 0.848. The van der Waals surface area contributed by atoms with Crippen LogP contribution in [0.2, 0.25) is 0 Å². The van der Waals surface area contributed by atoms with Gasteiger partial charge in [0.1, 0.15) is 0 Å². The monoisotopic (exact) mass is 268 g/mol. The summed E-state index contributed by atoms with van der Waals surface area (Å²) in [5.74, 6) is 0. The Hall–Kier alpha value is -0.960. The normalized spacial score (nSPS) is 19.7. The molecule has 0 aromatic carbocycles. The van der Waals surface area contributed by atoms with Crippen LogP contribution in [0.1, 0.15) is 26.7 Å². The molecule has 2 nitrogen and oxygen atoms in total. The van der Waals surface area contributed by atoms with E-state index in [1.54, 1.807) is 0 Å². The Morgan fingerprint density at radius 2 is 2.27 bits per heavy atom. The van der Waals surface area contributed by atoms with Gasteiger partial charge in [-0.2, -0.15) is 0 Å². The van der Waals surface area contributed by atoms with Crippen molar-refractivity contribution in [1.82, 2.24) is 4.90 Å². The van der Waals surface area contributed by atoms with Crippen LogP contribution in [0.15, 0.2) is 46.5 Å². The summed E-state index contributed by atoms with van der Waals surface area (Å²) in [4.78, 5) is 2.04. The first-order chi connectivity index (χ1) is 7.19. The van der Waals surface area contributed by atoms with Crippen LogP contribution in [0.5, 0.6) is 0 Å². The maximum atomic E-state index is 5.98. The molecule has 82 valence electrons. The van der Waals surface area contributed by atoms with Crippen LogP contribution in [0.4, 0.5) is 0 Å². The fourth-order valence-electron chi connectivity index (χ4n) is 1.40. The predicted molar refractivity (Wildman–Crippen MR) is 68.9 cm³/mol. The molecule has 0 saturated heterocycles. The van der Waals surface area contributed by atoms with Gasteiger partial charge in [-0.3, -0.25) is 0 Å². The standard InChI is InChI=1S/C12H17BrN2/c1-3-5-6-12-11(14)8-10(13)9-15(12)7-4-2/h4,6-9H,3,5,14H2,1-2H3/b7-4-,12-6+. The molecule has 1 aliphatic heterocycles. The number of rotatable bonds is 3. The van der Waals surface area contributed by atoms with Gasteiger partial charge in [0.2, 0.25) is 0 Å². The molecule has 0 bridgehead atoms. The number of allylic oxidation sites excluding steroid dienone is 4. The molecular formula is C12H17BrN2. The highest BCUT2D eigenvalue weighted by molar-refractivity contribution is 9.11. The lowest BCUT2D eigenvalue weighted by molar-refractivity contribution is 0.621. The number of nitrogens with zero attached hydrogens (tertiary/aromatic N) is 1. The third-order valence-corrected chi connectivity index (χ3v) is 2.50. The van der Waals surface area contributed by atoms with Crippen LogP contribution in [-0.2, 0) is 0 Å². The topological polar surface area (TPSA) is 29.3 Å². The molecule has 0 radical (unpaired) electrons. The SMILES string of the molecule is C/C=C\N1C=C(Br)C=C(N)/C1=C\CCC. The molecule has 1 heterocycles. The van der Waals surface area contributed by atoms with E-state index < -0.39 is 0 Å². The van der Waals surface area contributed by atoms with E-state index in [2.05, 4.69) is 28.9 Å². The minimum Gasteiger partial charge on any atom is -0.397 e. The van der Waals surface area contributed by atoms with Gasteiger partial charge in [-0.15, -0.1) is 0 Å². The number of nitrogens with two attached hydrogens (primary N) is 1. The molecule has 0 unspecified atom stereocenters. The molecular weight excluding hydrogens is 252 g/mol. The van der Waals surface area contributed by atoms with Gasteiger partial charge >= 0.3 is 0 Å². The summed E-state index contributed by atoms with van der Waals surface area (Å²) in [6.45, 7) is 4.15. The summed E-state index contributed by atoms with van der Waals surface area (Å²) in [6, 6.07) is 0. The number of halogens is 1. The van der Waals surface area contributed by atoms with Gasteiger partial charge in [0.05, 0.1) is 11.4 Å². The zero-order valence-corrected chi connectivity index (χ0v) is 10.8.